The summed E-state index contributed by atoms with van der Waals surface area (Å²) in [4.78, 5) is 8.45. The maximum atomic E-state index is 5.81. The molecule has 23 heavy (non-hydrogen) atoms. The molecular formula is C18H19N5. The average molecular weight is 305 g/mol. The topological polar surface area (TPSA) is 75.9 Å². The molecule has 5 heteroatoms. The summed E-state index contributed by atoms with van der Waals surface area (Å²) in [5.74, 6) is 1.52. The fraction of sp³-hybridized carbons (Fsp3) is 0.111. The van der Waals surface area contributed by atoms with Crippen molar-refractivity contribution in [2.24, 2.45) is 0 Å². The molecule has 0 radical (unpaired) electrons. The van der Waals surface area contributed by atoms with Crippen LogP contribution in [0.4, 0.5) is 29.0 Å². The first-order chi connectivity index (χ1) is 11.1. The standard InChI is InChI=1S/C18H19N5/c1-12-3-7-14(8-4-12)20-16-11-17(23-18(19)22-16)21-15-9-5-13(2)6-10-15/h3-11H,1-2H3,(H4,19,20,21,22,23). The second-order valence-corrected chi connectivity index (χ2v) is 5.48. The van der Waals surface area contributed by atoms with E-state index in [1.54, 1.807) is 0 Å². The zero-order valence-electron chi connectivity index (χ0n) is 13.2. The van der Waals surface area contributed by atoms with Crippen LogP contribution in [0.2, 0.25) is 0 Å². The summed E-state index contributed by atoms with van der Waals surface area (Å²) in [5, 5.41) is 6.47. The van der Waals surface area contributed by atoms with Gasteiger partial charge in [0.15, 0.2) is 0 Å². The zero-order chi connectivity index (χ0) is 16.2. The van der Waals surface area contributed by atoms with Crippen LogP contribution >= 0.6 is 0 Å². The van der Waals surface area contributed by atoms with Crippen molar-refractivity contribution in [2.45, 2.75) is 13.8 Å². The first kappa shape index (κ1) is 14.8. The number of nitrogens with zero attached hydrogens (tertiary/aromatic N) is 2. The summed E-state index contributed by atoms with van der Waals surface area (Å²) in [6.45, 7) is 4.10. The Balaban J connectivity index is 1.81. The Morgan fingerprint density at radius 1 is 0.696 bits per heavy atom. The van der Waals surface area contributed by atoms with E-state index >= 15 is 0 Å². The minimum atomic E-state index is 0.219. The van der Waals surface area contributed by atoms with Gasteiger partial charge in [-0.15, -0.1) is 0 Å². The van der Waals surface area contributed by atoms with E-state index in [1.165, 1.54) is 11.1 Å². The number of benzene rings is 2. The first-order valence-electron chi connectivity index (χ1n) is 7.40. The third-order valence-corrected chi connectivity index (χ3v) is 3.39. The van der Waals surface area contributed by atoms with Crippen LogP contribution in [-0.2, 0) is 0 Å². The molecule has 0 spiro atoms. The molecule has 0 unspecified atom stereocenters. The summed E-state index contributed by atoms with van der Waals surface area (Å²) in [6, 6.07) is 18.0. The van der Waals surface area contributed by atoms with Gasteiger partial charge in [0.25, 0.3) is 0 Å². The van der Waals surface area contributed by atoms with Crippen LogP contribution in [0.5, 0.6) is 0 Å². The quantitative estimate of drug-likeness (QED) is 0.674. The van der Waals surface area contributed by atoms with Crippen molar-refractivity contribution in [1.82, 2.24) is 9.97 Å². The lowest BCUT2D eigenvalue weighted by atomic mass is 10.2. The summed E-state index contributed by atoms with van der Waals surface area (Å²) in [6.07, 6.45) is 0. The van der Waals surface area contributed by atoms with E-state index in [4.69, 9.17) is 5.73 Å². The number of hydrogen-bond donors (Lipinski definition) is 3. The van der Waals surface area contributed by atoms with Gasteiger partial charge in [0, 0.05) is 17.4 Å². The van der Waals surface area contributed by atoms with Crippen molar-refractivity contribution >= 4 is 29.0 Å². The molecule has 0 amide bonds. The maximum Gasteiger partial charge on any atom is 0.223 e. The molecule has 0 atom stereocenters. The van der Waals surface area contributed by atoms with Crippen molar-refractivity contribution < 1.29 is 0 Å². The van der Waals surface area contributed by atoms with Gasteiger partial charge < -0.3 is 16.4 Å². The highest BCUT2D eigenvalue weighted by atomic mass is 15.1. The molecule has 0 bridgehead atoms. The molecule has 116 valence electrons. The highest BCUT2D eigenvalue weighted by molar-refractivity contribution is 5.64. The van der Waals surface area contributed by atoms with Crippen LogP contribution in [0, 0.1) is 13.8 Å². The Morgan fingerprint density at radius 2 is 1.09 bits per heavy atom. The maximum absolute atomic E-state index is 5.81. The largest absolute Gasteiger partial charge is 0.368 e. The van der Waals surface area contributed by atoms with Crippen molar-refractivity contribution in [3.63, 3.8) is 0 Å². The van der Waals surface area contributed by atoms with Gasteiger partial charge in [0.1, 0.15) is 11.6 Å². The lowest BCUT2D eigenvalue weighted by molar-refractivity contribution is 1.18. The lowest BCUT2D eigenvalue weighted by Gasteiger charge is -2.10. The van der Waals surface area contributed by atoms with Crippen molar-refractivity contribution in [2.75, 3.05) is 16.4 Å². The Hall–Kier alpha value is -3.08. The Labute approximate surface area is 135 Å². The average Bonchev–Trinajstić information content (AvgIpc) is 2.51. The second-order valence-electron chi connectivity index (χ2n) is 5.48. The number of hydrogen-bond acceptors (Lipinski definition) is 5. The fourth-order valence-corrected chi connectivity index (χ4v) is 2.16. The van der Waals surface area contributed by atoms with Crippen LogP contribution in [0.3, 0.4) is 0 Å². The van der Waals surface area contributed by atoms with E-state index < -0.39 is 0 Å². The Bertz CT molecular complexity index is 729. The van der Waals surface area contributed by atoms with E-state index in [1.807, 2.05) is 54.6 Å². The predicted octanol–water partition coefficient (Wildman–Crippen LogP) is 4.16. The summed E-state index contributed by atoms with van der Waals surface area (Å²) >= 11 is 0. The molecule has 0 aliphatic heterocycles. The smallest absolute Gasteiger partial charge is 0.223 e. The summed E-state index contributed by atoms with van der Waals surface area (Å²) < 4.78 is 0. The molecule has 0 aliphatic rings. The molecule has 0 fully saturated rings. The number of anilines is 5. The van der Waals surface area contributed by atoms with Crippen molar-refractivity contribution in [3.8, 4) is 0 Å². The Kier molecular flexibility index (Phi) is 4.10. The van der Waals surface area contributed by atoms with Crippen molar-refractivity contribution in [1.29, 1.82) is 0 Å². The number of aryl methyl sites for hydroxylation is 2. The van der Waals surface area contributed by atoms with Crippen LogP contribution in [-0.4, -0.2) is 9.97 Å². The van der Waals surface area contributed by atoms with Crippen molar-refractivity contribution in [3.05, 3.63) is 65.7 Å². The van der Waals surface area contributed by atoms with E-state index in [-0.39, 0.29) is 5.95 Å². The monoisotopic (exact) mass is 305 g/mol. The van der Waals surface area contributed by atoms with Crippen LogP contribution in [0.15, 0.2) is 54.6 Å². The molecule has 3 rings (SSSR count). The van der Waals surface area contributed by atoms with Crippen LogP contribution in [0.1, 0.15) is 11.1 Å². The number of nitrogens with one attached hydrogen (secondary N) is 2. The lowest BCUT2D eigenvalue weighted by Crippen LogP contribution is -2.03. The molecule has 0 saturated heterocycles. The zero-order valence-corrected chi connectivity index (χ0v) is 13.2. The normalized spacial score (nSPS) is 10.3. The van der Waals surface area contributed by atoms with Gasteiger partial charge in [-0.05, 0) is 38.1 Å². The summed E-state index contributed by atoms with van der Waals surface area (Å²) in [5.41, 5.74) is 10.1. The molecule has 4 N–H and O–H groups in total. The second kappa shape index (κ2) is 6.36. The SMILES string of the molecule is Cc1ccc(Nc2cc(Nc3ccc(C)cc3)nc(N)n2)cc1. The number of nitrogens with two attached hydrogens (primary N) is 1. The van der Waals surface area contributed by atoms with E-state index in [0.717, 1.165) is 11.4 Å². The number of aromatic nitrogens is 2. The van der Waals surface area contributed by atoms with E-state index in [0.29, 0.717) is 11.6 Å². The third-order valence-electron chi connectivity index (χ3n) is 3.39. The predicted molar refractivity (Wildman–Crippen MR) is 95.4 cm³/mol. The van der Waals surface area contributed by atoms with Gasteiger partial charge >= 0.3 is 0 Å². The van der Waals surface area contributed by atoms with Crippen LogP contribution < -0.4 is 16.4 Å². The Morgan fingerprint density at radius 3 is 1.48 bits per heavy atom. The minimum Gasteiger partial charge on any atom is -0.368 e. The fourth-order valence-electron chi connectivity index (χ4n) is 2.16. The molecule has 0 saturated carbocycles. The van der Waals surface area contributed by atoms with E-state index in [2.05, 4.69) is 34.4 Å². The third kappa shape index (κ3) is 3.97. The van der Waals surface area contributed by atoms with Gasteiger partial charge in [-0.1, -0.05) is 35.4 Å². The molecule has 1 aromatic heterocycles. The van der Waals surface area contributed by atoms with Gasteiger partial charge in [0.05, 0.1) is 0 Å². The molecule has 3 aromatic rings. The highest BCUT2D eigenvalue weighted by Crippen LogP contribution is 2.21. The van der Waals surface area contributed by atoms with E-state index in [9.17, 15) is 0 Å². The molecule has 0 aliphatic carbocycles. The van der Waals surface area contributed by atoms with Gasteiger partial charge in [-0.25, -0.2) is 0 Å². The van der Waals surface area contributed by atoms with Gasteiger partial charge in [-0.3, -0.25) is 0 Å². The van der Waals surface area contributed by atoms with Crippen LogP contribution in [0.25, 0.3) is 0 Å². The first-order valence-corrected chi connectivity index (χ1v) is 7.40. The van der Waals surface area contributed by atoms with Gasteiger partial charge in [-0.2, -0.15) is 9.97 Å². The molecular weight excluding hydrogens is 286 g/mol. The molecule has 1 heterocycles. The van der Waals surface area contributed by atoms with Gasteiger partial charge in [0.2, 0.25) is 5.95 Å². The number of rotatable bonds is 4. The molecule has 2 aromatic carbocycles. The molecule has 5 nitrogen and oxygen atoms in total. The number of nitrogen functional groups attached to an aromatic ring is 1. The minimum absolute atomic E-state index is 0.219. The summed E-state index contributed by atoms with van der Waals surface area (Å²) in [7, 11) is 0. The highest BCUT2D eigenvalue weighted by Gasteiger charge is 2.04.